The summed E-state index contributed by atoms with van der Waals surface area (Å²) in [5, 5.41) is 2.22. The first kappa shape index (κ1) is 30.6. The van der Waals surface area contributed by atoms with Crippen molar-refractivity contribution in [2.45, 2.75) is 0 Å². The maximum Gasteiger partial charge on any atom is 0.227 e. The summed E-state index contributed by atoms with van der Waals surface area (Å²) in [6.07, 6.45) is 0. The van der Waals surface area contributed by atoms with Crippen LogP contribution in [0.3, 0.4) is 0 Å². The van der Waals surface area contributed by atoms with Crippen LogP contribution in [0.2, 0.25) is 0 Å². The fraction of sp³-hybridized carbons (Fsp3) is 0. The molecule has 4 heteroatoms. The van der Waals surface area contributed by atoms with Crippen LogP contribution in [0.4, 0.5) is 17.1 Å². The molecular formula is C49H32N2O2. The molecular weight excluding hydrogens is 649 g/mol. The Kier molecular flexibility index (Phi) is 7.43. The number of rotatable bonds is 7. The molecule has 0 spiro atoms. The molecule has 10 aromatic rings. The summed E-state index contributed by atoms with van der Waals surface area (Å²) in [5.74, 6) is 0.605. The van der Waals surface area contributed by atoms with Crippen molar-refractivity contribution >= 4 is 50.1 Å². The highest BCUT2D eigenvalue weighted by Crippen LogP contribution is 2.42. The molecule has 0 saturated heterocycles. The normalized spacial score (nSPS) is 11.4. The molecule has 0 atom stereocenters. The molecule has 8 aromatic carbocycles. The van der Waals surface area contributed by atoms with Crippen LogP contribution in [-0.2, 0) is 0 Å². The number of anilines is 3. The van der Waals surface area contributed by atoms with Crippen molar-refractivity contribution in [1.29, 1.82) is 0 Å². The van der Waals surface area contributed by atoms with Crippen LogP contribution in [0.1, 0.15) is 0 Å². The third-order valence-electron chi connectivity index (χ3n) is 9.94. The van der Waals surface area contributed by atoms with Crippen LogP contribution in [0.15, 0.2) is 203 Å². The number of oxazole rings is 1. The van der Waals surface area contributed by atoms with E-state index < -0.39 is 0 Å². The van der Waals surface area contributed by atoms with Crippen molar-refractivity contribution in [1.82, 2.24) is 4.98 Å². The summed E-state index contributed by atoms with van der Waals surface area (Å²) in [5.41, 5.74) is 13.9. The predicted octanol–water partition coefficient (Wildman–Crippen LogP) is 13.9. The standard InChI is InChI=1S/C49H32N2O2/c1-4-12-33(13-5-1)34-20-24-38(25-21-34)51(40-28-29-44-43-18-10-11-19-45(43)52-46(44)32-40)39-26-22-36(23-27-39)42-31-30-41(35-14-6-2-7-15-35)47-48(42)53-49(50-47)37-16-8-3-9-17-37/h1-32H. The first-order valence-electron chi connectivity index (χ1n) is 17.8. The molecule has 0 unspecified atom stereocenters. The second-order valence-electron chi connectivity index (χ2n) is 13.2. The minimum absolute atomic E-state index is 0.605. The fourth-order valence-corrected chi connectivity index (χ4v) is 7.31. The van der Waals surface area contributed by atoms with Gasteiger partial charge < -0.3 is 13.7 Å². The summed E-state index contributed by atoms with van der Waals surface area (Å²) in [6.45, 7) is 0. The van der Waals surface area contributed by atoms with Crippen LogP contribution in [0.5, 0.6) is 0 Å². The molecule has 0 N–H and O–H groups in total. The highest BCUT2D eigenvalue weighted by atomic mass is 16.3. The number of hydrogen-bond donors (Lipinski definition) is 0. The Morgan fingerprint density at radius 3 is 1.57 bits per heavy atom. The minimum Gasteiger partial charge on any atom is -0.456 e. The van der Waals surface area contributed by atoms with Gasteiger partial charge in [-0.1, -0.05) is 127 Å². The Morgan fingerprint density at radius 1 is 0.358 bits per heavy atom. The molecule has 0 amide bonds. The Labute approximate surface area is 306 Å². The van der Waals surface area contributed by atoms with Crippen molar-refractivity contribution in [3.05, 3.63) is 194 Å². The van der Waals surface area contributed by atoms with Crippen molar-refractivity contribution in [2.75, 3.05) is 4.90 Å². The van der Waals surface area contributed by atoms with E-state index in [1.165, 1.54) is 11.1 Å². The molecule has 0 fully saturated rings. The molecule has 0 aliphatic carbocycles. The quantitative estimate of drug-likeness (QED) is 0.168. The fourth-order valence-electron chi connectivity index (χ4n) is 7.31. The number of hydrogen-bond acceptors (Lipinski definition) is 4. The third-order valence-corrected chi connectivity index (χ3v) is 9.94. The average molecular weight is 681 g/mol. The van der Waals surface area contributed by atoms with E-state index in [2.05, 4.69) is 144 Å². The molecule has 0 radical (unpaired) electrons. The van der Waals surface area contributed by atoms with Gasteiger partial charge in [0.25, 0.3) is 0 Å². The summed E-state index contributed by atoms with van der Waals surface area (Å²) < 4.78 is 12.9. The van der Waals surface area contributed by atoms with E-state index in [0.717, 1.165) is 77.9 Å². The van der Waals surface area contributed by atoms with Crippen molar-refractivity contribution in [2.24, 2.45) is 0 Å². The monoisotopic (exact) mass is 680 g/mol. The van der Waals surface area contributed by atoms with Gasteiger partial charge in [-0.15, -0.1) is 0 Å². The SMILES string of the molecule is c1ccc(-c2ccc(N(c3ccc(-c4ccc(-c5ccccc5)c5nc(-c6ccccc6)oc45)cc3)c3ccc4c(c3)oc3ccccc34)cc2)cc1. The molecule has 2 aromatic heterocycles. The smallest absolute Gasteiger partial charge is 0.227 e. The summed E-state index contributed by atoms with van der Waals surface area (Å²) in [7, 11) is 0. The maximum atomic E-state index is 6.60. The third kappa shape index (κ3) is 5.54. The zero-order valence-corrected chi connectivity index (χ0v) is 28.7. The molecule has 10 rings (SSSR count). The molecule has 0 saturated carbocycles. The Morgan fingerprint density at radius 2 is 0.868 bits per heavy atom. The van der Waals surface area contributed by atoms with Gasteiger partial charge in [-0.3, -0.25) is 0 Å². The van der Waals surface area contributed by atoms with E-state index >= 15 is 0 Å². The lowest BCUT2D eigenvalue weighted by Gasteiger charge is -2.26. The Balaban J connectivity index is 1.09. The van der Waals surface area contributed by atoms with E-state index in [0.29, 0.717) is 5.89 Å². The van der Waals surface area contributed by atoms with Gasteiger partial charge >= 0.3 is 0 Å². The minimum atomic E-state index is 0.605. The van der Waals surface area contributed by atoms with E-state index in [9.17, 15) is 0 Å². The highest BCUT2D eigenvalue weighted by Gasteiger charge is 2.20. The number of nitrogens with zero attached hydrogens (tertiary/aromatic N) is 2. The van der Waals surface area contributed by atoms with Crippen LogP contribution < -0.4 is 4.90 Å². The number of benzene rings is 8. The molecule has 0 aliphatic rings. The molecule has 250 valence electrons. The first-order chi connectivity index (χ1) is 26.3. The van der Waals surface area contributed by atoms with Crippen molar-refractivity contribution in [3.63, 3.8) is 0 Å². The van der Waals surface area contributed by atoms with Gasteiger partial charge in [0, 0.05) is 50.6 Å². The zero-order valence-electron chi connectivity index (χ0n) is 28.7. The van der Waals surface area contributed by atoms with Gasteiger partial charge in [-0.05, 0) is 82.9 Å². The average Bonchev–Trinajstić information content (AvgIpc) is 3.85. The molecule has 0 bridgehead atoms. The molecule has 2 heterocycles. The van der Waals surface area contributed by atoms with Gasteiger partial charge in [0.2, 0.25) is 5.89 Å². The topological polar surface area (TPSA) is 42.4 Å². The summed E-state index contributed by atoms with van der Waals surface area (Å²) in [4.78, 5) is 7.34. The number of furan rings is 1. The summed E-state index contributed by atoms with van der Waals surface area (Å²) in [6, 6.07) is 67.3. The Hall–Kier alpha value is -7.17. The molecule has 4 nitrogen and oxygen atoms in total. The number of aromatic nitrogens is 1. The number of fused-ring (bicyclic) bond motifs is 4. The first-order valence-corrected chi connectivity index (χ1v) is 17.8. The lowest BCUT2D eigenvalue weighted by Crippen LogP contribution is -2.09. The van der Waals surface area contributed by atoms with Crippen LogP contribution >= 0.6 is 0 Å². The Bertz CT molecular complexity index is 2860. The second-order valence-corrected chi connectivity index (χ2v) is 13.2. The summed E-state index contributed by atoms with van der Waals surface area (Å²) >= 11 is 0. The molecule has 0 aliphatic heterocycles. The van der Waals surface area contributed by atoms with Crippen molar-refractivity contribution in [3.8, 4) is 44.8 Å². The van der Waals surface area contributed by atoms with Crippen LogP contribution in [0, 0.1) is 0 Å². The van der Waals surface area contributed by atoms with Gasteiger partial charge in [-0.2, -0.15) is 0 Å². The van der Waals surface area contributed by atoms with Gasteiger partial charge in [0.15, 0.2) is 5.58 Å². The lowest BCUT2D eigenvalue weighted by atomic mass is 9.98. The van der Waals surface area contributed by atoms with Gasteiger partial charge in [0.1, 0.15) is 16.7 Å². The zero-order chi connectivity index (χ0) is 35.1. The second kappa shape index (κ2) is 12.9. The van der Waals surface area contributed by atoms with Crippen molar-refractivity contribution < 1.29 is 8.83 Å². The largest absolute Gasteiger partial charge is 0.456 e. The lowest BCUT2D eigenvalue weighted by molar-refractivity contribution is 0.621. The van der Waals surface area contributed by atoms with E-state index in [4.69, 9.17) is 13.8 Å². The molecule has 53 heavy (non-hydrogen) atoms. The maximum absolute atomic E-state index is 6.60. The van der Waals surface area contributed by atoms with E-state index in [1.54, 1.807) is 0 Å². The predicted molar refractivity (Wildman–Crippen MR) is 218 cm³/mol. The van der Waals surface area contributed by atoms with Crippen LogP contribution in [0.25, 0.3) is 77.9 Å². The number of para-hydroxylation sites is 1. The van der Waals surface area contributed by atoms with E-state index in [-0.39, 0.29) is 0 Å². The van der Waals surface area contributed by atoms with Gasteiger partial charge in [0.05, 0.1) is 0 Å². The van der Waals surface area contributed by atoms with Crippen LogP contribution in [-0.4, -0.2) is 4.98 Å². The van der Waals surface area contributed by atoms with Gasteiger partial charge in [-0.25, -0.2) is 4.98 Å². The highest BCUT2D eigenvalue weighted by molar-refractivity contribution is 6.06. The van der Waals surface area contributed by atoms with E-state index in [1.807, 2.05) is 54.6 Å².